The fourth-order valence-corrected chi connectivity index (χ4v) is 2.28. The minimum atomic E-state index is -0.0579. The minimum Gasteiger partial charge on any atom is -0.496 e. The predicted molar refractivity (Wildman–Crippen MR) is 72.8 cm³/mol. The molecule has 3 nitrogen and oxygen atoms in total. The Labute approximate surface area is 117 Å². The number of hydrogen-bond donors (Lipinski definition) is 0. The molecule has 1 aromatic rings. The van der Waals surface area contributed by atoms with E-state index in [1.54, 1.807) is 30.2 Å². The van der Waals surface area contributed by atoms with Crippen molar-refractivity contribution in [2.45, 2.75) is 18.9 Å². The summed E-state index contributed by atoms with van der Waals surface area (Å²) in [5, 5.41) is 0.528. The molecular formula is C13H15Cl2NO2. The predicted octanol–water partition coefficient (Wildman–Crippen LogP) is 3.19. The Morgan fingerprint density at radius 2 is 2.22 bits per heavy atom. The molecule has 98 valence electrons. The van der Waals surface area contributed by atoms with Crippen LogP contribution in [0.3, 0.4) is 0 Å². The fourth-order valence-electron chi connectivity index (χ4n) is 1.93. The van der Waals surface area contributed by atoms with E-state index in [2.05, 4.69) is 0 Å². The van der Waals surface area contributed by atoms with E-state index in [0.29, 0.717) is 34.8 Å². The van der Waals surface area contributed by atoms with Crippen LogP contribution in [0.25, 0.3) is 0 Å². The number of nitrogens with zero attached hydrogens (tertiary/aromatic N) is 1. The van der Waals surface area contributed by atoms with Gasteiger partial charge in [-0.25, -0.2) is 0 Å². The third kappa shape index (κ3) is 2.90. The lowest BCUT2D eigenvalue weighted by atomic mass is 10.1. The molecule has 1 fully saturated rings. The molecule has 18 heavy (non-hydrogen) atoms. The van der Waals surface area contributed by atoms with Gasteiger partial charge in [0.05, 0.1) is 12.7 Å². The van der Waals surface area contributed by atoms with Gasteiger partial charge in [0.2, 0.25) is 0 Å². The highest BCUT2D eigenvalue weighted by Crippen LogP contribution is 2.31. The number of carbonyl (C=O) groups excluding carboxylic acids is 1. The second kappa shape index (κ2) is 5.81. The van der Waals surface area contributed by atoms with E-state index in [1.807, 2.05) is 0 Å². The number of hydrogen-bond acceptors (Lipinski definition) is 2. The lowest BCUT2D eigenvalue weighted by Crippen LogP contribution is -2.35. The van der Waals surface area contributed by atoms with Crippen LogP contribution in [0, 0.1) is 0 Å². The largest absolute Gasteiger partial charge is 0.496 e. The van der Waals surface area contributed by atoms with Crippen LogP contribution < -0.4 is 4.74 Å². The van der Waals surface area contributed by atoms with Gasteiger partial charge in [0.15, 0.2) is 0 Å². The SMILES string of the molecule is COc1ccc(Cl)cc1C(=O)N(CCCl)C1CC1. The molecule has 0 heterocycles. The smallest absolute Gasteiger partial charge is 0.257 e. The highest BCUT2D eigenvalue weighted by Gasteiger charge is 2.33. The summed E-state index contributed by atoms with van der Waals surface area (Å²) in [6.07, 6.45) is 2.09. The Morgan fingerprint density at radius 1 is 1.50 bits per heavy atom. The molecule has 0 aromatic heterocycles. The lowest BCUT2D eigenvalue weighted by Gasteiger charge is -2.22. The molecule has 0 atom stereocenters. The van der Waals surface area contributed by atoms with Crippen LogP contribution in [-0.2, 0) is 0 Å². The number of ether oxygens (including phenoxy) is 1. The van der Waals surface area contributed by atoms with Crippen molar-refractivity contribution in [3.05, 3.63) is 28.8 Å². The van der Waals surface area contributed by atoms with E-state index in [0.717, 1.165) is 12.8 Å². The first-order valence-corrected chi connectivity index (χ1v) is 6.79. The van der Waals surface area contributed by atoms with Crippen molar-refractivity contribution in [3.63, 3.8) is 0 Å². The first-order valence-electron chi connectivity index (χ1n) is 5.88. The van der Waals surface area contributed by atoms with E-state index in [-0.39, 0.29) is 5.91 Å². The molecule has 0 aliphatic heterocycles. The summed E-state index contributed by atoms with van der Waals surface area (Å²) in [6.45, 7) is 0.556. The quantitative estimate of drug-likeness (QED) is 0.779. The van der Waals surface area contributed by atoms with Crippen molar-refractivity contribution in [1.29, 1.82) is 0 Å². The van der Waals surface area contributed by atoms with Crippen LogP contribution in [0.2, 0.25) is 5.02 Å². The number of benzene rings is 1. The second-order valence-electron chi connectivity index (χ2n) is 4.26. The van der Waals surface area contributed by atoms with Crippen molar-refractivity contribution in [2.24, 2.45) is 0 Å². The summed E-state index contributed by atoms with van der Waals surface area (Å²) in [4.78, 5) is 14.3. The van der Waals surface area contributed by atoms with E-state index in [1.165, 1.54) is 0 Å². The standard InChI is InChI=1S/C13H15Cl2NO2/c1-18-12-5-2-9(15)8-11(12)13(17)16(7-6-14)10-3-4-10/h2,5,8,10H,3-4,6-7H2,1H3. The zero-order valence-corrected chi connectivity index (χ0v) is 11.7. The van der Waals surface area contributed by atoms with Gasteiger partial charge in [-0.2, -0.15) is 0 Å². The number of amides is 1. The van der Waals surface area contributed by atoms with Gasteiger partial charge in [-0.1, -0.05) is 11.6 Å². The van der Waals surface area contributed by atoms with Gasteiger partial charge in [0, 0.05) is 23.5 Å². The summed E-state index contributed by atoms with van der Waals surface area (Å²) in [5.74, 6) is 0.924. The number of halogens is 2. The fraction of sp³-hybridized carbons (Fsp3) is 0.462. The molecule has 0 N–H and O–H groups in total. The maximum Gasteiger partial charge on any atom is 0.257 e. The topological polar surface area (TPSA) is 29.5 Å². The number of carbonyl (C=O) groups is 1. The van der Waals surface area contributed by atoms with Crippen LogP contribution in [0.5, 0.6) is 5.75 Å². The molecule has 1 aliphatic rings. The maximum atomic E-state index is 12.5. The summed E-state index contributed by atoms with van der Waals surface area (Å²) < 4.78 is 5.21. The van der Waals surface area contributed by atoms with Crippen molar-refractivity contribution in [2.75, 3.05) is 19.5 Å². The van der Waals surface area contributed by atoms with Crippen LogP contribution in [0.15, 0.2) is 18.2 Å². The second-order valence-corrected chi connectivity index (χ2v) is 5.08. The molecule has 2 rings (SSSR count). The molecule has 1 amide bonds. The van der Waals surface area contributed by atoms with Crippen molar-refractivity contribution in [1.82, 2.24) is 4.90 Å². The van der Waals surface area contributed by atoms with Gasteiger partial charge in [-0.05, 0) is 31.0 Å². The summed E-state index contributed by atoms with van der Waals surface area (Å²) in [5.41, 5.74) is 0.502. The Morgan fingerprint density at radius 3 is 2.78 bits per heavy atom. The number of alkyl halides is 1. The van der Waals surface area contributed by atoms with Crippen molar-refractivity contribution >= 4 is 29.1 Å². The average molecular weight is 288 g/mol. The summed E-state index contributed by atoms with van der Waals surface area (Å²) in [6, 6.07) is 5.38. The van der Waals surface area contributed by atoms with Gasteiger partial charge in [-0.3, -0.25) is 4.79 Å². The Balaban J connectivity index is 2.28. The Kier molecular flexibility index (Phi) is 4.36. The molecule has 0 unspecified atom stereocenters. The zero-order valence-electron chi connectivity index (χ0n) is 10.2. The molecule has 1 aromatic carbocycles. The highest BCUT2D eigenvalue weighted by molar-refractivity contribution is 6.31. The zero-order chi connectivity index (χ0) is 13.1. The normalized spacial score (nSPS) is 14.4. The Hall–Kier alpha value is -0.930. The maximum absolute atomic E-state index is 12.5. The molecular weight excluding hydrogens is 273 g/mol. The van der Waals surface area contributed by atoms with Gasteiger partial charge >= 0.3 is 0 Å². The third-order valence-electron chi connectivity index (χ3n) is 2.97. The molecule has 5 heteroatoms. The van der Waals surface area contributed by atoms with Crippen LogP contribution >= 0.6 is 23.2 Å². The summed E-state index contributed by atoms with van der Waals surface area (Å²) >= 11 is 11.7. The monoisotopic (exact) mass is 287 g/mol. The van der Waals surface area contributed by atoms with E-state index < -0.39 is 0 Å². The van der Waals surface area contributed by atoms with Crippen LogP contribution in [0.4, 0.5) is 0 Å². The van der Waals surface area contributed by atoms with Crippen LogP contribution in [-0.4, -0.2) is 36.4 Å². The van der Waals surface area contributed by atoms with Gasteiger partial charge in [0.25, 0.3) is 5.91 Å². The van der Waals surface area contributed by atoms with Crippen molar-refractivity contribution < 1.29 is 9.53 Å². The third-order valence-corrected chi connectivity index (χ3v) is 3.37. The van der Waals surface area contributed by atoms with Gasteiger partial charge in [-0.15, -0.1) is 11.6 Å². The average Bonchev–Trinajstić information content (AvgIpc) is 3.19. The lowest BCUT2D eigenvalue weighted by molar-refractivity contribution is 0.0750. The van der Waals surface area contributed by atoms with Gasteiger partial charge in [0.1, 0.15) is 5.75 Å². The molecule has 1 saturated carbocycles. The van der Waals surface area contributed by atoms with Crippen molar-refractivity contribution in [3.8, 4) is 5.75 Å². The number of rotatable bonds is 5. The van der Waals surface area contributed by atoms with E-state index >= 15 is 0 Å². The molecule has 0 radical (unpaired) electrons. The van der Waals surface area contributed by atoms with E-state index in [4.69, 9.17) is 27.9 Å². The van der Waals surface area contributed by atoms with Gasteiger partial charge < -0.3 is 9.64 Å². The van der Waals surface area contributed by atoms with E-state index in [9.17, 15) is 4.79 Å². The Bertz CT molecular complexity index is 447. The molecule has 0 bridgehead atoms. The highest BCUT2D eigenvalue weighted by atomic mass is 35.5. The first-order chi connectivity index (χ1) is 8.67. The minimum absolute atomic E-state index is 0.0579. The molecule has 0 spiro atoms. The molecule has 0 saturated heterocycles. The number of methoxy groups -OCH3 is 1. The van der Waals surface area contributed by atoms with Crippen LogP contribution in [0.1, 0.15) is 23.2 Å². The first kappa shape index (κ1) is 13.5. The molecule has 1 aliphatic carbocycles. The summed E-state index contributed by atoms with van der Waals surface area (Å²) in [7, 11) is 1.54.